The molecule has 0 spiro atoms. The van der Waals surface area contributed by atoms with Gasteiger partial charge in [-0.3, -0.25) is 10.1 Å². The van der Waals surface area contributed by atoms with Crippen molar-refractivity contribution in [2.24, 2.45) is 5.92 Å². The van der Waals surface area contributed by atoms with E-state index in [0.717, 1.165) is 18.4 Å². The van der Waals surface area contributed by atoms with Crippen LogP contribution in [0.4, 0.5) is 5.69 Å². The fraction of sp³-hybridized carbons (Fsp3) is 0.538. The molecular weight excluding hydrogens is 298 g/mol. The number of halogens is 1. The Morgan fingerprint density at radius 2 is 2.22 bits per heavy atom. The summed E-state index contributed by atoms with van der Waals surface area (Å²) in [6.45, 7) is 4.72. The van der Waals surface area contributed by atoms with Crippen LogP contribution in [0, 0.1) is 16.0 Å². The van der Waals surface area contributed by atoms with Gasteiger partial charge in [-0.2, -0.15) is 0 Å². The van der Waals surface area contributed by atoms with Crippen LogP contribution in [0.2, 0.25) is 0 Å². The molecule has 1 aromatic carbocycles. The number of nitrogens with zero attached hydrogens (tertiary/aromatic N) is 1. The van der Waals surface area contributed by atoms with Gasteiger partial charge in [0.05, 0.1) is 11.5 Å². The number of benzene rings is 1. The highest BCUT2D eigenvalue weighted by atomic mass is 79.9. The molecule has 1 atom stereocenters. The lowest BCUT2D eigenvalue weighted by molar-refractivity contribution is -0.386. The van der Waals surface area contributed by atoms with E-state index in [1.807, 2.05) is 6.07 Å². The summed E-state index contributed by atoms with van der Waals surface area (Å²) in [6, 6.07) is 5.06. The largest absolute Gasteiger partial charge is 0.487 e. The van der Waals surface area contributed by atoms with Crippen LogP contribution in [0.15, 0.2) is 18.2 Å². The highest BCUT2D eigenvalue weighted by Crippen LogP contribution is 2.29. The smallest absolute Gasteiger partial charge is 0.311 e. The molecule has 0 bridgehead atoms. The number of hydrogen-bond acceptors (Lipinski definition) is 3. The molecule has 0 radical (unpaired) electrons. The van der Waals surface area contributed by atoms with Crippen molar-refractivity contribution in [1.29, 1.82) is 0 Å². The monoisotopic (exact) mass is 315 g/mol. The van der Waals surface area contributed by atoms with Crippen molar-refractivity contribution >= 4 is 21.6 Å². The van der Waals surface area contributed by atoms with Crippen LogP contribution in [-0.2, 0) is 5.33 Å². The zero-order valence-corrected chi connectivity index (χ0v) is 12.3. The Bertz CT molecular complexity index is 409. The Labute approximate surface area is 116 Å². The lowest BCUT2D eigenvalue weighted by atomic mass is 10.1. The summed E-state index contributed by atoms with van der Waals surface area (Å²) >= 11 is 3.28. The molecule has 0 saturated heterocycles. The predicted octanol–water partition coefficient (Wildman–Crippen LogP) is 4.30. The van der Waals surface area contributed by atoms with Crippen LogP contribution in [0.5, 0.6) is 5.75 Å². The molecule has 0 heterocycles. The van der Waals surface area contributed by atoms with Crippen molar-refractivity contribution in [3.8, 4) is 5.75 Å². The molecule has 1 aromatic rings. The summed E-state index contributed by atoms with van der Waals surface area (Å²) < 4.78 is 5.56. The molecule has 0 aliphatic heterocycles. The van der Waals surface area contributed by atoms with Gasteiger partial charge in [0.15, 0.2) is 5.75 Å². The van der Waals surface area contributed by atoms with E-state index >= 15 is 0 Å². The molecular formula is C13H18BrNO3. The summed E-state index contributed by atoms with van der Waals surface area (Å²) in [6.07, 6.45) is 2.16. The van der Waals surface area contributed by atoms with Crippen molar-refractivity contribution in [1.82, 2.24) is 0 Å². The van der Waals surface area contributed by atoms with Gasteiger partial charge in [-0.1, -0.05) is 42.3 Å². The molecule has 5 heteroatoms. The molecule has 0 aliphatic rings. The van der Waals surface area contributed by atoms with E-state index in [0.29, 0.717) is 23.6 Å². The first-order valence-corrected chi connectivity index (χ1v) is 7.16. The molecule has 0 amide bonds. The van der Waals surface area contributed by atoms with E-state index in [4.69, 9.17) is 4.74 Å². The summed E-state index contributed by atoms with van der Waals surface area (Å²) in [4.78, 5) is 10.6. The van der Waals surface area contributed by atoms with Crippen molar-refractivity contribution in [3.05, 3.63) is 33.9 Å². The number of nitro groups is 1. The molecule has 0 aromatic heterocycles. The van der Waals surface area contributed by atoms with Gasteiger partial charge in [0.1, 0.15) is 0 Å². The van der Waals surface area contributed by atoms with Gasteiger partial charge in [0.25, 0.3) is 0 Å². The first-order valence-electron chi connectivity index (χ1n) is 6.04. The maximum atomic E-state index is 11.0. The van der Waals surface area contributed by atoms with Gasteiger partial charge in [-0.15, -0.1) is 0 Å². The highest BCUT2D eigenvalue weighted by Gasteiger charge is 2.16. The second kappa shape index (κ2) is 7.36. The van der Waals surface area contributed by atoms with Crippen molar-refractivity contribution in [2.75, 3.05) is 6.61 Å². The lowest BCUT2D eigenvalue weighted by Crippen LogP contribution is -2.09. The van der Waals surface area contributed by atoms with E-state index < -0.39 is 4.92 Å². The zero-order valence-electron chi connectivity index (χ0n) is 10.7. The predicted molar refractivity (Wildman–Crippen MR) is 75.3 cm³/mol. The Balaban J connectivity index is 2.78. The third kappa shape index (κ3) is 4.29. The van der Waals surface area contributed by atoms with Crippen molar-refractivity contribution in [3.63, 3.8) is 0 Å². The quantitative estimate of drug-likeness (QED) is 0.428. The molecule has 0 aliphatic carbocycles. The molecule has 0 fully saturated rings. The summed E-state index contributed by atoms with van der Waals surface area (Å²) in [5.41, 5.74) is 0.909. The number of hydrogen-bond donors (Lipinski definition) is 0. The number of alkyl halides is 1. The van der Waals surface area contributed by atoms with Gasteiger partial charge >= 0.3 is 5.69 Å². The number of nitro benzene ring substituents is 1. The Kier molecular flexibility index (Phi) is 6.12. The second-order valence-electron chi connectivity index (χ2n) is 4.40. The molecule has 100 valence electrons. The van der Waals surface area contributed by atoms with Crippen LogP contribution < -0.4 is 4.74 Å². The highest BCUT2D eigenvalue weighted by molar-refractivity contribution is 9.08. The van der Waals surface area contributed by atoms with Gasteiger partial charge < -0.3 is 4.74 Å². The SMILES string of the molecule is CCCC(C)COc1ccc(CBr)cc1[N+](=O)[O-]. The van der Waals surface area contributed by atoms with Crippen molar-refractivity contribution < 1.29 is 9.66 Å². The zero-order chi connectivity index (χ0) is 13.5. The van der Waals surface area contributed by atoms with E-state index in [1.54, 1.807) is 12.1 Å². The minimum Gasteiger partial charge on any atom is -0.487 e. The van der Waals surface area contributed by atoms with E-state index in [2.05, 4.69) is 29.8 Å². The summed E-state index contributed by atoms with van der Waals surface area (Å²) in [5, 5.41) is 11.6. The van der Waals surface area contributed by atoms with Crippen LogP contribution in [-0.4, -0.2) is 11.5 Å². The van der Waals surface area contributed by atoms with Crippen LogP contribution in [0.25, 0.3) is 0 Å². The third-order valence-corrected chi connectivity index (χ3v) is 3.33. The van der Waals surface area contributed by atoms with Gasteiger partial charge in [0.2, 0.25) is 0 Å². The molecule has 1 unspecified atom stereocenters. The van der Waals surface area contributed by atoms with Crippen molar-refractivity contribution in [2.45, 2.75) is 32.0 Å². The van der Waals surface area contributed by atoms with Gasteiger partial charge in [0, 0.05) is 11.4 Å². The maximum absolute atomic E-state index is 11.0. The molecule has 4 nitrogen and oxygen atoms in total. The Morgan fingerprint density at radius 3 is 2.78 bits per heavy atom. The van der Waals surface area contributed by atoms with E-state index in [9.17, 15) is 10.1 Å². The first-order chi connectivity index (χ1) is 8.58. The van der Waals surface area contributed by atoms with Crippen LogP contribution in [0.1, 0.15) is 32.3 Å². The molecule has 18 heavy (non-hydrogen) atoms. The Hall–Kier alpha value is -1.10. The normalized spacial score (nSPS) is 12.2. The van der Waals surface area contributed by atoms with Gasteiger partial charge in [-0.05, 0) is 24.0 Å². The van der Waals surface area contributed by atoms with Crippen LogP contribution in [0.3, 0.4) is 0 Å². The van der Waals surface area contributed by atoms with Crippen LogP contribution >= 0.6 is 15.9 Å². The van der Waals surface area contributed by atoms with E-state index in [1.165, 1.54) is 0 Å². The average Bonchev–Trinajstić information content (AvgIpc) is 2.36. The molecule has 1 rings (SSSR count). The lowest BCUT2D eigenvalue weighted by Gasteiger charge is -2.12. The van der Waals surface area contributed by atoms with E-state index in [-0.39, 0.29) is 5.69 Å². The molecule has 0 saturated carbocycles. The summed E-state index contributed by atoms with van der Waals surface area (Å²) in [5.74, 6) is 0.762. The average molecular weight is 316 g/mol. The fourth-order valence-corrected chi connectivity index (χ4v) is 2.07. The minimum atomic E-state index is -0.397. The third-order valence-electron chi connectivity index (χ3n) is 2.68. The maximum Gasteiger partial charge on any atom is 0.311 e. The fourth-order valence-electron chi connectivity index (χ4n) is 1.72. The topological polar surface area (TPSA) is 52.4 Å². The Morgan fingerprint density at radius 1 is 1.50 bits per heavy atom. The second-order valence-corrected chi connectivity index (χ2v) is 4.96. The number of ether oxygens (including phenoxy) is 1. The first kappa shape index (κ1) is 15.0. The number of rotatable bonds is 7. The molecule has 0 N–H and O–H groups in total. The minimum absolute atomic E-state index is 0.0376. The van der Waals surface area contributed by atoms with Gasteiger partial charge in [-0.25, -0.2) is 0 Å². The standard InChI is InChI=1S/C13H18BrNO3/c1-3-4-10(2)9-18-13-6-5-11(8-14)7-12(13)15(16)17/h5-7,10H,3-4,8-9H2,1-2H3. The summed E-state index contributed by atoms with van der Waals surface area (Å²) in [7, 11) is 0.